The summed E-state index contributed by atoms with van der Waals surface area (Å²) in [5.74, 6) is 0. The minimum absolute atomic E-state index is 0.390. The zero-order valence-corrected chi connectivity index (χ0v) is 8.72. The maximum Gasteiger partial charge on any atom is 0.0702 e. The molecule has 1 rings (SSSR count). The lowest BCUT2D eigenvalue weighted by Gasteiger charge is -2.22. The second-order valence-corrected chi connectivity index (χ2v) is 3.48. The van der Waals surface area contributed by atoms with E-state index in [0.717, 1.165) is 32.7 Å². The van der Waals surface area contributed by atoms with Crippen LogP contribution in [0.4, 0.5) is 0 Å². The van der Waals surface area contributed by atoms with Crippen molar-refractivity contribution in [2.24, 2.45) is 5.11 Å². The van der Waals surface area contributed by atoms with Crippen molar-refractivity contribution < 1.29 is 4.74 Å². The van der Waals surface area contributed by atoms with Crippen LogP contribution in [0.1, 0.15) is 19.8 Å². The molecule has 1 heterocycles. The average molecular weight is 198 g/mol. The van der Waals surface area contributed by atoms with Gasteiger partial charge >= 0.3 is 0 Å². The van der Waals surface area contributed by atoms with Crippen LogP contribution in [0.25, 0.3) is 10.4 Å². The highest BCUT2D eigenvalue weighted by Gasteiger charge is 2.17. The van der Waals surface area contributed by atoms with Crippen LogP contribution < -0.4 is 0 Å². The third-order valence-electron chi connectivity index (χ3n) is 2.51. The van der Waals surface area contributed by atoms with Gasteiger partial charge in [-0.15, -0.1) is 0 Å². The van der Waals surface area contributed by atoms with Gasteiger partial charge in [0.25, 0.3) is 0 Å². The van der Waals surface area contributed by atoms with Crippen LogP contribution in [0.2, 0.25) is 0 Å². The number of likely N-dealkylation sites (N-methyl/N-ethyl adjacent to an activating group) is 1. The zero-order valence-electron chi connectivity index (χ0n) is 8.72. The van der Waals surface area contributed by atoms with Gasteiger partial charge in [-0.2, -0.15) is 0 Å². The summed E-state index contributed by atoms with van der Waals surface area (Å²) in [6.07, 6.45) is 2.73. The van der Waals surface area contributed by atoms with E-state index < -0.39 is 0 Å². The lowest BCUT2D eigenvalue weighted by atomic mass is 10.2. The monoisotopic (exact) mass is 198 g/mol. The van der Waals surface area contributed by atoms with Crippen molar-refractivity contribution >= 4 is 0 Å². The Morgan fingerprint density at radius 3 is 3.07 bits per heavy atom. The molecule has 0 radical (unpaired) electrons. The van der Waals surface area contributed by atoms with Crippen LogP contribution in [0.3, 0.4) is 0 Å². The van der Waals surface area contributed by atoms with Gasteiger partial charge in [0.05, 0.1) is 6.10 Å². The summed E-state index contributed by atoms with van der Waals surface area (Å²) in [5.41, 5.74) is 8.15. The first-order valence-electron chi connectivity index (χ1n) is 5.21. The molecule has 0 aliphatic carbocycles. The molecule has 14 heavy (non-hydrogen) atoms. The molecule has 0 aromatic carbocycles. The number of ether oxygens (including phenoxy) is 1. The molecule has 0 bridgehead atoms. The Morgan fingerprint density at radius 1 is 1.64 bits per heavy atom. The average Bonchev–Trinajstić information content (AvgIpc) is 2.69. The van der Waals surface area contributed by atoms with Crippen LogP contribution >= 0.6 is 0 Å². The lowest BCUT2D eigenvalue weighted by Crippen LogP contribution is -2.33. The molecule has 0 aromatic rings. The molecular weight excluding hydrogens is 180 g/mol. The number of hydrogen-bond donors (Lipinski definition) is 0. The van der Waals surface area contributed by atoms with Crippen LogP contribution in [-0.4, -0.2) is 43.8 Å². The molecular formula is C9H18N4O. The summed E-state index contributed by atoms with van der Waals surface area (Å²) in [4.78, 5) is 5.01. The van der Waals surface area contributed by atoms with Crippen molar-refractivity contribution in [3.05, 3.63) is 10.4 Å². The van der Waals surface area contributed by atoms with E-state index in [1.54, 1.807) is 0 Å². The smallest absolute Gasteiger partial charge is 0.0702 e. The molecule has 0 N–H and O–H groups in total. The molecule has 80 valence electrons. The first kappa shape index (κ1) is 11.3. The molecule has 1 atom stereocenters. The lowest BCUT2D eigenvalue weighted by molar-refractivity contribution is 0.0758. The predicted octanol–water partition coefficient (Wildman–Crippen LogP) is 1.80. The van der Waals surface area contributed by atoms with Gasteiger partial charge in [0.15, 0.2) is 0 Å². The van der Waals surface area contributed by atoms with Crippen molar-refractivity contribution in [2.45, 2.75) is 25.9 Å². The Bertz CT molecular complexity index is 197. The van der Waals surface area contributed by atoms with Gasteiger partial charge in [-0.25, -0.2) is 0 Å². The fourth-order valence-corrected chi connectivity index (χ4v) is 1.69. The Balaban J connectivity index is 2.19. The summed E-state index contributed by atoms with van der Waals surface area (Å²) in [7, 11) is 0. The highest BCUT2D eigenvalue weighted by Crippen LogP contribution is 2.12. The SMILES string of the molecule is CCN(CCN=[N+]=[N-])CC1CCCO1. The molecule has 1 aliphatic heterocycles. The summed E-state index contributed by atoms with van der Waals surface area (Å²) < 4.78 is 5.55. The maximum atomic E-state index is 8.15. The van der Waals surface area contributed by atoms with Gasteiger partial charge in [-0.05, 0) is 24.9 Å². The normalized spacial score (nSPS) is 21.1. The van der Waals surface area contributed by atoms with Gasteiger partial charge in [0.1, 0.15) is 0 Å². The highest BCUT2D eigenvalue weighted by molar-refractivity contribution is 4.70. The van der Waals surface area contributed by atoms with Crippen LogP contribution in [0.15, 0.2) is 5.11 Å². The first-order chi connectivity index (χ1) is 6.86. The molecule has 0 saturated carbocycles. The second-order valence-electron chi connectivity index (χ2n) is 3.48. The summed E-state index contributed by atoms with van der Waals surface area (Å²) in [5, 5.41) is 3.53. The van der Waals surface area contributed by atoms with E-state index in [0.29, 0.717) is 12.6 Å². The van der Waals surface area contributed by atoms with Crippen molar-refractivity contribution in [2.75, 3.05) is 32.8 Å². The molecule has 1 saturated heterocycles. The van der Waals surface area contributed by atoms with Crippen molar-refractivity contribution in [3.8, 4) is 0 Å². The minimum Gasteiger partial charge on any atom is -0.377 e. The van der Waals surface area contributed by atoms with Crippen molar-refractivity contribution in [1.82, 2.24) is 4.90 Å². The molecule has 1 unspecified atom stereocenters. The van der Waals surface area contributed by atoms with E-state index in [1.165, 1.54) is 6.42 Å². The largest absolute Gasteiger partial charge is 0.377 e. The van der Waals surface area contributed by atoms with E-state index in [9.17, 15) is 0 Å². The van der Waals surface area contributed by atoms with E-state index in [-0.39, 0.29) is 0 Å². The molecule has 1 aliphatic rings. The fraction of sp³-hybridized carbons (Fsp3) is 1.00. The zero-order chi connectivity index (χ0) is 10.2. The van der Waals surface area contributed by atoms with E-state index in [1.807, 2.05) is 0 Å². The van der Waals surface area contributed by atoms with Gasteiger partial charge < -0.3 is 9.64 Å². The number of azide groups is 1. The molecule has 1 fully saturated rings. The van der Waals surface area contributed by atoms with Gasteiger partial charge in [0, 0.05) is 31.2 Å². The number of rotatable bonds is 6. The van der Waals surface area contributed by atoms with Crippen LogP contribution in [-0.2, 0) is 4.74 Å². The summed E-state index contributed by atoms with van der Waals surface area (Å²) in [6, 6.07) is 0. The van der Waals surface area contributed by atoms with Gasteiger partial charge in [0.2, 0.25) is 0 Å². The fourth-order valence-electron chi connectivity index (χ4n) is 1.69. The Hall–Kier alpha value is -0.770. The molecule has 5 nitrogen and oxygen atoms in total. The number of nitrogens with zero attached hydrogens (tertiary/aromatic N) is 4. The Labute approximate surface area is 84.7 Å². The van der Waals surface area contributed by atoms with E-state index >= 15 is 0 Å². The Kier molecular flexibility index (Phi) is 5.37. The van der Waals surface area contributed by atoms with Crippen molar-refractivity contribution in [1.29, 1.82) is 0 Å². The van der Waals surface area contributed by atoms with Crippen LogP contribution in [0.5, 0.6) is 0 Å². The molecule has 5 heteroatoms. The minimum atomic E-state index is 0.390. The van der Waals surface area contributed by atoms with Crippen molar-refractivity contribution in [3.63, 3.8) is 0 Å². The topological polar surface area (TPSA) is 61.2 Å². The predicted molar refractivity (Wildman–Crippen MR) is 55.1 cm³/mol. The molecule has 0 amide bonds. The summed E-state index contributed by atoms with van der Waals surface area (Å²) in [6.45, 7) is 6.36. The first-order valence-corrected chi connectivity index (χ1v) is 5.21. The molecule has 0 spiro atoms. The van der Waals surface area contributed by atoms with Crippen LogP contribution in [0, 0.1) is 0 Å². The number of hydrogen-bond acceptors (Lipinski definition) is 3. The quantitative estimate of drug-likeness (QED) is 0.371. The molecule has 0 aromatic heterocycles. The van der Waals surface area contributed by atoms with E-state index in [4.69, 9.17) is 10.3 Å². The standard InChI is InChI=1S/C9H18N4O/c1-2-13(6-5-11-12-10)8-9-4-3-7-14-9/h9H,2-8H2,1H3. The third kappa shape index (κ3) is 3.96. The van der Waals surface area contributed by atoms with Gasteiger partial charge in [-0.3, -0.25) is 0 Å². The summed E-state index contributed by atoms with van der Waals surface area (Å²) >= 11 is 0. The second kappa shape index (κ2) is 6.65. The van der Waals surface area contributed by atoms with Gasteiger partial charge in [-0.1, -0.05) is 12.0 Å². The van der Waals surface area contributed by atoms with E-state index in [2.05, 4.69) is 21.8 Å². The third-order valence-corrected chi connectivity index (χ3v) is 2.51. The highest BCUT2D eigenvalue weighted by atomic mass is 16.5. The Morgan fingerprint density at radius 2 is 2.50 bits per heavy atom. The maximum absolute atomic E-state index is 8.15.